The number of hydrogen-bond acceptors (Lipinski definition) is 2. The molecule has 2 N–H and O–H groups in total. The first kappa shape index (κ1) is 13.2. The molecule has 0 aliphatic rings. The molecule has 0 saturated heterocycles. The molecule has 0 amide bonds. The van der Waals surface area contributed by atoms with E-state index in [1.807, 2.05) is 0 Å². The quantitative estimate of drug-likeness (QED) is 0.856. The van der Waals surface area contributed by atoms with Gasteiger partial charge in [0.25, 0.3) is 0 Å². The van der Waals surface area contributed by atoms with E-state index < -0.39 is 0 Å². The van der Waals surface area contributed by atoms with Gasteiger partial charge in [0, 0.05) is 10.9 Å². The maximum atomic E-state index is 5.88. The maximum absolute atomic E-state index is 5.88. The zero-order valence-corrected chi connectivity index (χ0v) is 12.0. The molecule has 18 heavy (non-hydrogen) atoms. The predicted octanol–water partition coefficient (Wildman–Crippen LogP) is 4.31. The van der Waals surface area contributed by atoms with Gasteiger partial charge in [-0.3, -0.25) is 0 Å². The summed E-state index contributed by atoms with van der Waals surface area (Å²) < 4.78 is 5.88. The Bertz CT molecular complexity index is 558. The van der Waals surface area contributed by atoms with E-state index in [1.54, 1.807) is 0 Å². The molecule has 0 unspecified atom stereocenters. The van der Waals surface area contributed by atoms with Crippen molar-refractivity contribution in [3.05, 3.63) is 35.1 Å². The summed E-state index contributed by atoms with van der Waals surface area (Å²) in [5, 5.41) is 1.22. The minimum Gasteiger partial charge on any atom is -0.459 e. The molecule has 1 aromatic heterocycles. The van der Waals surface area contributed by atoms with Crippen molar-refractivity contribution >= 4 is 11.0 Å². The second-order valence-corrected chi connectivity index (χ2v) is 6.26. The van der Waals surface area contributed by atoms with E-state index in [4.69, 9.17) is 10.2 Å². The first-order chi connectivity index (χ1) is 8.34. The number of hydrogen-bond donors (Lipinski definition) is 1. The van der Waals surface area contributed by atoms with E-state index in [0.29, 0.717) is 12.5 Å². The van der Waals surface area contributed by atoms with Gasteiger partial charge in [-0.05, 0) is 29.0 Å². The van der Waals surface area contributed by atoms with Crippen LogP contribution in [0.1, 0.15) is 57.4 Å². The predicted molar refractivity (Wildman–Crippen MR) is 76.9 cm³/mol. The summed E-state index contributed by atoms with van der Waals surface area (Å²) >= 11 is 0. The van der Waals surface area contributed by atoms with E-state index in [2.05, 4.69) is 52.8 Å². The first-order valence-electron chi connectivity index (χ1n) is 6.60. The molecule has 2 rings (SSSR count). The van der Waals surface area contributed by atoms with Crippen molar-refractivity contribution in [3.8, 4) is 0 Å². The normalized spacial score (nSPS) is 12.6. The molecule has 0 aliphatic heterocycles. The van der Waals surface area contributed by atoms with Gasteiger partial charge in [0.1, 0.15) is 11.3 Å². The van der Waals surface area contributed by atoms with Crippen LogP contribution in [0.4, 0.5) is 0 Å². The van der Waals surface area contributed by atoms with Crippen LogP contribution in [0, 0.1) is 0 Å². The maximum Gasteiger partial charge on any atom is 0.134 e. The number of rotatable bonds is 2. The molecule has 0 atom stereocenters. The van der Waals surface area contributed by atoms with Crippen LogP contribution in [0.3, 0.4) is 0 Å². The van der Waals surface area contributed by atoms with Gasteiger partial charge in [-0.25, -0.2) is 0 Å². The minimum absolute atomic E-state index is 0.0511. The monoisotopic (exact) mass is 245 g/mol. The average Bonchev–Trinajstić information content (AvgIpc) is 2.65. The Morgan fingerprint density at radius 2 is 1.89 bits per heavy atom. The summed E-state index contributed by atoms with van der Waals surface area (Å²) in [5.41, 5.74) is 9.41. The highest BCUT2D eigenvalue weighted by atomic mass is 16.3. The Labute approximate surface area is 109 Å². The van der Waals surface area contributed by atoms with Crippen molar-refractivity contribution in [2.45, 2.75) is 52.5 Å². The van der Waals surface area contributed by atoms with Crippen LogP contribution in [-0.4, -0.2) is 0 Å². The first-order valence-corrected chi connectivity index (χ1v) is 6.60. The van der Waals surface area contributed by atoms with Crippen molar-refractivity contribution in [1.82, 2.24) is 0 Å². The van der Waals surface area contributed by atoms with Crippen molar-refractivity contribution in [1.29, 1.82) is 0 Å². The van der Waals surface area contributed by atoms with Gasteiger partial charge in [0.2, 0.25) is 0 Å². The topological polar surface area (TPSA) is 39.2 Å². The molecule has 2 heteroatoms. The molecule has 0 radical (unpaired) electrons. The van der Waals surface area contributed by atoms with Gasteiger partial charge in [0.05, 0.1) is 6.54 Å². The summed E-state index contributed by atoms with van der Waals surface area (Å²) in [6, 6.07) is 6.46. The SMILES string of the molecule is CC(C)c1ccc2oc(CN)c(C(C)(C)C)c2c1. The van der Waals surface area contributed by atoms with Gasteiger partial charge in [0.15, 0.2) is 0 Å². The van der Waals surface area contributed by atoms with Crippen LogP contribution in [0.5, 0.6) is 0 Å². The second kappa shape index (κ2) is 4.43. The van der Waals surface area contributed by atoms with E-state index in [-0.39, 0.29) is 5.41 Å². The summed E-state index contributed by atoms with van der Waals surface area (Å²) in [6.45, 7) is 11.5. The highest BCUT2D eigenvalue weighted by molar-refractivity contribution is 5.84. The van der Waals surface area contributed by atoms with E-state index in [1.165, 1.54) is 16.5 Å². The smallest absolute Gasteiger partial charge is 0.134 e. The van der Waals surface area contributed by atoms with Crippen LogP contribution < -0.4 is 5.73 Å². The highest BCUT2D eigenvalue weighted by Gasteiger charge is 2.24. The lowest BCUT2D eigenvalue weighted by atomic mass is 9.84. The van der Waals surface area contributed by atoms with Crippen LogP contribution in [0.25, 0.3) is 11.0 Å². The lowest BCUT2D eigenvalue weighted by Crippen LogP contribution is -2.14. The van der Waals surface area contributed by atoms with Gasteiger partial charge < -0.3 is 10.2 Å². The van der Waals surface area contributed by atoms with Crippen molar-refractivity contribution in [2.24, 2.45) is 5.73 Å². The third-order valence-corrected chi connectivity index (χ3v) is 3.39. The van der Waals surface area contributed by atoms with Crippen molar-refractivity contribution in [3.63, 3.8) is 0 Å². The Morgan fingerprint density at radius 1 is 1.22 bits per heavy atom. The summed E-state index contributed by atoms with van der Waals surface area (Å²) in [7, 11) is 0. The molecular weight excluding hydrogens is 222 g/mol. The number of benzene rings is 1. The Morgan fingerprint density at radius 3 is 2.39 bits per heavy atom. The van der Waals surface area contributed by atoms with Crippen LogP contribution in [-0.2, 0) is 12.0 Å². The molecule has 98 valence electrons. The average molecular weight is 245 g/mol. The third kappa shape index (κ3) is 2.17. The lowest BCUT2D eigenvalue weighted by molar-refractivity contribution is 0.511. The van der Waals surface area contributed by atoms with Crippen LogP contribution >= 0.6 is 0 Å². The molecule has 0 aliphatic carbocycles. The van der Waals surface area contributed by atoms with E-state index in [0.717, 1.165) is 11.3 Å². The minimum atomic E-state index is 0.0511. The highest BCUT2D eigenvalue weighted by Crippen LogP contribution is 2.36. The van der Waals surface area contributed by atoms with Crippen molar-refractivity contribution < 1.29 is 4.42 Å². The molecule has 2 nitrogen and oxygen atoms in total. The Kier molecular flexibility index (Phi) is 3.24. The molecule has 0 spiro atoms. The molecule has 0 fully saturated rings. The Balaban J connectivity index is 2.75. The zero-order chi connectivity index (χ0) is 13.5. The molecule has 0 bridgehead atoms. The van der Waals surface area contributed by atoms with Crippen molar-refractivity contribution in [2.75, 3.05) is 0 Å². The molecular formula is C16H23NO. The standard InChI is InChI=1S/C16H23NO/c1-10(2)11-6-7-13-12(8-11)15(16(3,4)5)14(9-17)18-13/h6-8,10H,9,17H2,1-5H3. The Hall–Kier alpha value is -1.28. The van der Waals surface area contributed by atoms with Gasteiger partial charge >= 0.3 is 0 Å². The summed E-state index contributed by atoms with van der Waals surface area (Å²) in [4.78, 5) is 0. The van der Waals surface area contributed by atoms with E-state index >= 15 is 0 Å². The molecule has 0 saturated carbocycles. The number of fused-ring (bicyclic) bond motifs is 1. The van der Waals surface area contributed by atoms with Gasteiger partial charge in [-0.15, -0.1) is 0 Å². The zero-order valence-electron chi connectivity index (χ0n) is 12.0. The van der Waals surface area contributed by atoms with E-state index in [9.17, 15) is 0 Å². The third-order valence-electron chi connectivity index (χ3n) is 3.39. The molecule has 1 aromatic carbocycles. The second-order valence-electron chi connectivity index (χ2n) is 6.26. The van der Waals surface area contributed by atoms with Crippen LogP contribution in [0.2, 0.25) is 0 Å². The van der Waals surface area contributed by atoms with Crippen LogP contribution in [0.15, 0.2) is 22.6 Å². The fourth-order valence-corrected chi connectivity index (χ4v) is 2.49. The fourth-order valence-electron chi connectivity index (χ4n) is 2.49. The number of furan rings is 1. The lowest BCUT2D eigenvalue weighted by Gasteiger charge is -2.19. The largest absolute Gasteiger partial charge is 0.459 e. The number of nitrogens with two attached hydrogens (primary N) is 1. The van der Waals surface area contributed by atoms with Gasteiger partial charge in [-0.2, -0.15) is 0 Å². The summed E-state index contributed by atoms with van der Waals surface area (Å²) in [6.07, 6.45) is 0. The fraction of sp³-hybridized carbons (Fsp3) is 0.500. The molecule has 2 aromatic rings. The summed E-state index contributed by atoms with van der Waals surface area (Å²) in [5.74, 6) is 1.44. The van der Waals surface area contributed by atoms with Gasteiger partial charge in [-0.1, -0.05) is 40.7 Å². The molecule has 1 heterocycles.